The molecule has 3 rings (SSSR count). The number of ether oxygens (including phenoxy) is 2. The average molecular weight is 461 g/mol. The van der Waals surface area contributed by atoms with Crippen molar-refractivity contribution in [2.75, 3.05) is 19.1 Å². The van der Waals surface area contributed by atoms with Crippen molar-refractivity contribution in [3.05, 3.63) is 87.4 Å². The highest BCUT2D eigenvalue weighted by atomic mass is 16.5. The third kappa shape index (κ3) is 3.86. The van der Waals surface area contributed by atoms with Gasteiger partial charge in [0.25, 0.3) is 0 Å². The fraction of sp³-hybridized carbons (Fsp3) is 0.200. The number of nitrogens with two attached hydrogens (primary N) is 1. The maximum Gasteiger partial charge on any atom is 0.355 e. The molecule has 0 amide bonds. The Morgan fingerprint density at radius 3 is 2.12 bits per heavy atom. The lowest BCUT2D eigenvalue weighted by Gasteiger charge is -2.37. The van der Waals surface area contributed by atoms with Gasteiger partial charge < -0.3 is 20.3 Å². The number of aryl methyl sites for hydroxylation is 2. The normalized spacial score (nSPS) is 15.6. The molecule has 174 valence electrons. The van der Waals surface area contributed by atoms with Crippen LogP contribution in [0.5, 0.6) is 0 Å². The first-order valence-electron chi connectivity index (χ1n) is 10.2. The fourth-order valence-corrected chi connectivity index (χ4v) is 4.10. The van der Waals surface area contributed by atoms with E-state index in [9.17, 15) is 24.8 Å². The molecule has 1 heterocycles. The van der Waals surface area contributed by atoms with Gasteiger partial charge in [0, 0.05) is 0 Å². The molecule has 0 saturated carbocycles. The third-order valence-electron chi connectivity index (χ3n) is 5.64. The first kappa shape index (κ1) is 24.1. The van der Waals surface area contributed by atoms with Crippen LogP contribution in [0.1, 0.15) is 33.0 Å². The van der Waals surface area contributed by atoms with Crippen LogP contribution in [0.4, 0.5) is 5.69 Å². The zero-order chi connectivity index (χ0) is 25.2. The predicted molar refractivity (Wildman–Crippen MR) is 122 cm³/mol. The monoisotopic (exact) mass is 461 g/mol. The standard InChI is InChI=1S/C25H23N3O6/c1-13-10-11-14(2)20(17(13)23(29)30)28-21(25(32)34-4)19(24(31)33-3)18(16(12-26)22(28)27)15-8-6-5-7-9-15/h5-11,18H,27H2,1-4H3,(H,29,30). The molecule has 1 atom stereocenters. The van der Waals surface area contributed by atoms with E-state index in [4.69, 9.17) is 15.2 Å². The van der Waals surface area contributed by atoms with Gasteiger partial charge in [0.2, 0.25) is 0 Å². The number of rotatable bonds is 5. The van der Waals surface area contributed by atoms with Crippen molar-refractivity contribution >= 4 is 23.6 Å². The minimum atomic E-state index is -1.27. The zero-order valence-corrected chi connectivity index (χ0v) is 19.1. The van der Waals surface area contributed by atoms with Crippen LogP contribution in [0.25, 0.3) is 0 Å². The number of esters is 2. The summed E-state index contributed by atoms with van der Waals surface area (Å²) >= 11 is 0. The molecule has 1 aliphatic heterocycles. The number of anilines is 1. The van der Waals surface area contributed by atoms with Gasteiger partial charge in [-0.3, -0.25) is 4.90 Å². The average Bonchev–Trinajstić information content (AvgIpc) is 2.83. The lowest BCUT2D eigenvalue weighted by atomic mass is 9.80. The van der Waals surface area contributed by atoms with Gasteiger partial charge in [0.05, 0.1) is 48.6 Å². The van der Waals surface area contributed by atoms with E-state index in [0.717, 1.165) is 19.1 Å². The number of carbonyl (C=O) groups excluding carboxylic acids is 2. The Hall–Kier alpha value is -4.58. The molecule has 0 radical (unpaired) electrons. The van der Waals surface area contributed by atoms with E-state index >= 15 is 0 Å². The molecule has 1 unspecified atom stereocenters. The maximum absolute atomic E-state index is 13.1. The van der Waals surface area contributed by atoms with Gasteiger partial charge in [0.1, 0.15) is 11.5 Å². The number of carboxylic acids is 1. The molecule has 0 aliphatic carbocycles. The van der Waals surface area contributed by atoms with Gasteiger partial charge in [-0.05, 0) is 30.5 Å². The maximum atomic E-state index is 13.1. The Kier molecular flexibility index (Phi) is 6.73. The molecule has 34 heavy (non-hydrogen) atoms. The number of hydrogen-bond donors (Lipinski definition) is 2. The summed E-state index contributed by atoms with van der Waals surface area (Å²) in [6, 6.07) is 13.9. The Morgan fingerprint density at radius 2 is 1.59 bits per heavy atom. The SMILES string of the molecule is COC(=O)C1=C(C(=O)OC)N(c2c(C)ccc(C)c2C(=O)O)C(N)=C(C#N)C1c1ccccc1. The summed E-state index contributed by atoms with van der Waals surface area (Å²) in [6.07, 6.45) is 0. The smallest absolute Gasteiger partial charge is 0.355 e. The molecule has 0 bridgehead atoms. The van der Waals surface area contributed by atoms with Crippen LogP contribution in [-0.4, -0.2) is 37.2 Å². The zero-order valence-electron chi connectivity index (χ0n) is 19.1. The van der Waals surface area contributed by atoms with E-state index in [-0.39, 0.29) is 33.9 Å². The van der Waals surface area contributed by atoms with Crippen molar-refractivity contribution in [1.29, 1.82) is 5.26 Å². The Labute approximate surface area is 196 Å². The van der Waals surface area contributed by atoms with Crippen LogP contribution in [0, 0.1) is 25.2 Å². The van der Waals surface area contributed by atoms with Gasteiger partial charge in [0.15, 0.2) is 0 Å². The van der Waals surface area contributed by atoms with Crippen molar-refractivity contribution in [2.45, 2.75) is 19.8 Å². The Bertz CT molecular complexity index is 1290. The van der Waals surface area contributed by atoms with Crippen LogP contribution in [0.3, 0.4) is 0 Å². The highest BCUT2D eigenvalue weighted by molar-refractivity contribution is 6.08. The summed E-state index contributed by atoms with van der Waals surface area (Å²) in [5.74, 6) is -4.33. The summed E-state index contributed by atoms with van der Waals surface area (Å²) in [7, 11) is 2.27. The largest absolute Gasteiger partial charge is 0.478 e. The second-order valence-electron chi connectivity index (χ2n) is 7.56. The molecule has 2 aromatic carbocycles. The molecule has 9 nitrogen and oxygen atoms in total. The summed E-state index contributed by atoms with van der Waals surface area (Å²) in [5, 5.41) is 20.1. The lowest BCUT2D eigenvalue weighted by Crippen LogP contribution is -2.41. The lowest BCUT2D eigenvalue weighted by molar-refractivity contribution is -0.139. The van der Waals surface area contributed by atoms with Crippen LogP contribution < -0.4 is 10.6 Å². The van der Waals surface area contributed by atoms with Gasteiger partial charge in [-0.15, -0.1) is 0 Å². The first-order chi connectivity index (χ1) is 16.2. The van der Waals surface area contributed by atoms with Gasteiger partial charge in [-0.25, -0.2) is 14.4 Å². The number of allylic oxidation sites excluding steroid dienone is 1. The third-order valence-corrected chi connectivity index (χ3v) is 5.64. The number of nitriles is 1. The number of benzene rings is 2. The number of hydrogen-bond acceptors (Lipinski definition) is 8. The van der Waals surface area contributed by atoms with Crippen LogP contribution in [0.2, 0.25) is 0 Å². The molecule has 1 aliphatic rings. The molecular weight excluding hydrogens is 438 g/mol. The summed E-state index contributed by atoms with van der Waals surface area (Å²) in [5.41, 5.74) is 7.18. The van der Waals surface area contributed by atoms with Crippen LogP contribution in [0.15, 0.2) is 65.1 Å². The number of methoxy groups -OCH3 is 2. The van der Waals surface area contributed by atoms with Crippen molar-refractivity contribution in [1.82, 2.24) is 0 Å². The van der Waals surface area contributed by atoms with Gasteiger partial charge in [-0.2, -0.15) is 5.26 Å². The van der Waals surface area contributed by atoms with Crippen molar-refractivity contribution < 1.29 is 29.0 Å². The van der Waals surface area contributed by atoms with E-state index < -0.39 is 23.8 Å². The minimum absolute atomic E-state index is 0.0449. The van der Waals surface area contributed by atoms with Crippen molar-refractivity contribution in [3.63, 3.8) is 0 Å². The van der Waals surface area contributed by atoms with E-state index in [1.807, 2.05) is 6.07 Å². The molecule has 9 heteroatoms. The molecule has 0 aromatic heterocycles. The Morgan fingerprint density at radius 1 is 1.00 bits per heavy atom. The van der Waals surface area contributed by atoms with E-state index in [1.165, 1.54) is 0 Å². The fourth-order valence-electron chi connectivity index (χ4n) is 4.10. The van der Waals surface area contributed by atoms with Crippen molar-refractivity contribution in [3.8, 4) is 6.07 Å². The number of carbonyl (C=O) groups is 3. The molecule has 0 saturated heterocycles. The second kappa shape index (κ2) is 9.50. The summed E-state index contributed by atoms with van der Waals surface area (Å²) < 4.78 is 9.97. The number of aromatic carboxylic acids is 1. The quantitative estimate of drug-likeness (QED) is 0.642. The van der Waals surface area contributed by atoms with Crippen LogP contribution >= 0.6 is 0 Å². The van der Waals surface area contributed by atoms with E-state index in [2.05, 4.69) is 0 Å². The number of nitrogens with zero attached hydrogens (tertiary/aromatic N) is 2. The molecule has 3 N–H and O–H groups in total. The summed E-state index contributed by atoms with van der Waals surface area (Å²) in [4.78, 5) is 39.6. The highest BCUT2D eigenvalue weighted by Gasteiger charge is 2.44. The summed E-state index contributed by atoms with van der Waals surface area (Å²) in [6.45, 7) is 3.23. The molecule has 0 fully saturated rings. The van der Waals surface area contributed by atoms with Crippen LogP contribution in [-0.2, 0) is 19.1 Å². The molecular formula is C25H23N3O6. The van der Waals surface area contributed by atoms with Crippen molar-refractivity contribution in [2.24, 2.45) is 5.73 Å². The molecule has 2 aromatic rings. The van der Waals surface area contributed by atoms with E-state index in [1.54, 1.807) is 56.3 Å². The topological polar surface area (TPSA) is 143 Å². The molecule has 0 spiro atoms. The van der Waals surface area contributed by atoms with Gasteiger partial charge in [-0.1, -0.05) is 42.5 Å². The predicted octanol–water partition coefficient (Wildman–Crippen LogP) is 2.90. The first-order valence-corrected chi connectivity index (χ1v) is 10.2. The Balaban J connectivity index is 2.54. The second-order valence-corrected chi connectivity index (χ2v) is 7.56. The minimum Gasteiger partial charge on any atom is -0.478 e. The van der Waals surface area contributed by atoms with E-state index in [0.29, 0.717) is 16.7 Å². The highest BCUT2D eigenvalue weighted by Crippen LogP contribution is 2.45. The van der Waals surface area contributed by atoms with Gasteiger partial charge >= 0.3 is 17.9 Å². The number of carboxylic acid groups (broad SMARTS) is 1.